The van der Waals surface area contributed by atoms with Gasteiger partial charge in [-0.25, -0.2) is 4.39 Å². The van der Waals surface area contributed by atoms with E-state index >= 15 is 0 Å². The Morgan fingerprint density at radius 3 is 2.62 bits per heavy atom. The second kappa shape index (κ2) is 8.35. The predicted molar refractivity (Wildman–Crippen MR) is 90.2 cm³/mol. The minimum atomic E-state index is -0.271. The maximum atomic E-state index is 13.0. The zero-order chi connectivity index (χ0) is 16.8. The zero-order valence-corrected chi connectivity index (χ0v) is 14.1. The summed E-state index contributed by atoms with van der Waals surface area (Å²) in [4.78, 5) is 15.5. The largest absolute Gasteiger partial charge is 0.467 e. The molecule has 1 saturated heterocycles. The first kappa shape index (κ1) is 17.0. The molecule has 4 nitrogen and oxygen atoms in total. The first-order valence-electron chi connectivity index (χ1n) is 8.00. The number of benzene rings is 1. The topological polar surface area (TPSA) is 42.7 Å². The molecule has 0 saturated carbocycles. The molecule has 0 spiro atoms. The van der Waals surface area contributed by atoms with Gasteiger partial charge in [-0.05, 0) is 49.2 Å². The van der Waals surface area contributed by atoms with Crippen molar-refractivity contribution < 1.29 is 18.3 Å². The van der Waals surface area contributed by atoms with Crippen LogP contribution in [0.2, 0.25) is 0 Å². The molecule has 1 fully saturated rings. The van der Waals surface area contributed by atoms with Gasteiger partial charge in [-0.1, -0.05) is 0 Å². The van der Waals surface area contributed by atoms with Gasteiger partial charge in [0.1, 0.15) is 11.6 Å². The van der Waals surface area contributed by atoms with Crippen LogP contribution in [0.15, 0.2) is 52.0 Å². The van der Waals surface area contributed by atoms with Crippen molar-refractivity contribution in [2.75, 3.05) is 19.0 Å². The molecule has 3 rings (SSSR count). The van der Waals surface area contributed by atoms with Gasteiger partial charge in [0.05, 0.1) is 18.6 Å². The van der Waals surface area contributed by atoms with E-state index in [2.05, 4.69) is 0 Å². The van der Waals surface area contributed by atoms with Crippen LogP contribution in [0, 0.1) is 5.82 Å². The van der Waals surface area contributed by atoms with E-state index < -0.39 is 0 Å². The molecule has 0 bridgehead atoms. The number of furan rings is 1. The van der Waals surface area contributed by atoms with Crippen LogP contribution >= 0.6 is 11.8 Å². The highest BCUT2D eigenvalue weighted by molar-refractivity contribution is 8.00. The van der Waals surface area contributed by atoms with Gasteiger partial charge < -0.3 is 14.1 Å². The van der Waals surface area contributed by atoms with Crippen LogP contribution in [0.3, 0.4) is 0 Å². The fourth-order valence-electron chi connectivity index (χ4n) is 2.75. The van der Waals surface area contributed by atoms with E-state index in [0.717, 1.165) is 23.5 Å². The molecule has 128 valence electrons. The van der Waals surface area contributed by atoms with Crippen molar-refractivity contribution in [3.05, 3.63) is 54.2 Å². The summed E-state index contributed by atoms with van der Waals surface area (Å²) in [6, 6.07) is 10.1. The van der Waals surface area contributed by atoms with Crippen molar-refractivity contribution in [2.45, 2.75) is 30.3 Å². The maximum absolute atomic E-state index is 13.0. The van der Waals surface area contributed by atoms with E-state index in [-0.39, 0.29) is 17.8 Å². The lowest BCUT2D eigenvalue weighted by Crippen LogP contribution is -2.43. The predicted octanol–water partition coefficient (Wildman–Crippen LogP) is 3.72. The van der Waals surface area contributed by atoms with Crippen LogP contribution in [0.5, 0.6) is 0 Å². The monoisotopic (exact) mass is 349 g/mol. The third-order valence-electron chi connectivity index (χ3n) is 4.03. The molecule has 2 heterocycles. The SMILES string of the molecule is O=C(CSc1ccc(F)cc1)N(Cc1ccco1)C1CCOCC1. The number of nitrogens with zero attached hydrogens (tertiary/aromatic N) is 1. The lowest BCUT2D eigenvalue weighted by molar-refractivity contribution is -0.133. The Kier molecular flexibility index (Phi) is 5.93. The standard InChI is InChI=1S/C18H20FNO3S/c19-14-3-5-17(6-4-14)24-13-18(21)20(12-16-2-1-9-23-16)15-7-10-22-11-8-15/h1-6,9,15H,7-8,10-13H2. The molecule has 0 radical (unpaired) electrons. The average molecular weight is 349 g/mol. The van der Waals surface area contributed by atoms with Gasteiger partial charge in [0.2, 0.25) is 5.91 Å². The lowest BCUT2D eigenvalue weighted by atomic mass is 10.1. The van der Waals surface area contributed by atoms with Gasteiger partial charge in [0.25, 0.3) is 0 Å². The number of amides is 1. The van der Waals surface area contributed by atoms with Gasteiger partial charge in [-0.15, -0.1) is 11.8 Å². The first-order valence-corrected chi connectivity index (χ1v) is 8.99. The Bertz CT molecular complexity index is 639. The van der Waals surface area contributed by atoms with E-state index in [1.165, 1.54) is 23.9 Å². The van der Waals surface area contributed by atoms with Crippen molar-refractivity contribution in [3.63, 3.8) is 0 Å². The highest BCUT2D eigenvalue weighted by atomic mass is 32.2. The lowest BCUT2D eigenvalue weighted by Gasteiger charge is -2.33. The number of halogens is 1. The molecule has 0 unspecified atom stereocenters. The fourth-order valence-corrected chi connectivity index (χ4v) is 3.53. The molecule has 1 aromatic carbocycles. The first-order chi connectivity index (χ1) is 11.7. The minimum absolute atomic E-state index is 0.0626. The number of carbonyl (C=O) groups excluding carboxylic acids is 1. The summed E-state index contributed by atoms with van der Waals surface area (Å²) in [6.07, 6.45) is 3.30. The van der Waals surface area contributed by atoms with E-state index in [4.69, 9.17) is 9.15 Å². The number of thioether (sulfide) groups is 1. The molecule has 0 aliphatic carbocycles. The minimum Gasteiger partial charge on any atom is -0.467 e. The average Bonchev–Trinajstić information content (AvgIpc) is 3.13. The van der Waals surface area contributed by atoms with Crippen molar-refractivity contribution in [1.29, 1.82) is 0 Å². The second-order valence-electron chi connectivity index (χ2n) is 5.69. The van der Waals surface area contributed by atoms with Crippen LogP contribution < -0.4 is 0 Å². The summed E-state index contributed by atoms with van der Waals surface area (Å²) in [6.45, 7) is 1.83. The summed E-state index contributed by atoms with van der Waals surface area (Å²) in [5, 5.41) is 0. The summed E-state index contributed by atoms with van der Waals surface area (Å²) in [5.74, 6) is 0.894. The van der Waals surface area contributed by atoms with E-state index in [1.807, 2.05) is 17.0 Å². The Morgan fingerprint density at radius 2 is 1.96 bits per heavy atom. The van der Waals surface area contributed by atoms with Crippen LogP contribution in [-0.4, -0.2) is 35.8 Å². The van der Waals surface area contributed by atoms with E-state index in [1.54, 1.807) is 18.4 Å². The molecule has 1 aliphatic rings. The number of hydrogen-bond acceptors (Lipinski definition) is 4. The zero-order valence-electron chi connectivity index (χ0n) is 13.3. The molecular formula is C18H20FNO3S. The number of ether oxygens (including phenoxy) is 1. The highest BCUT2D eigenvalue weighted by Gasteiger charge is 2.26. The van der Waals surface area contributed by atoms with Gasteiger partial charge in [0.15, 0.2) is 0 Å². The van der Waals surface area contributed by atoms with Gasteiger partial charge >= 0.3 is 0 Å². The van der Waals surface area contributed by atoms with Gasteiger partial charge in [-0.3, -0.25) is 4.79 Å². The molecule has 0 N–H and O–H groups in total. The molecular weight excluding hydrogens is 329 g/mol. The second-order valence-corrected chi connectivity index (χ2v) is 6.74. The smallest absolute Gasteiger partial charge is 0.233 e. The van der Waals surface area contributed by atoms with Crippen LogP contribution in [-0.2, 0) is 16.1 Å². The summed E-state index contributed by atoms with van der Waals surface area (Å²) < 4.78 is 23.8. The fraction of sp³-hybridized carbons (Fsp3) is 0.389. The molecule has 0 atom stereocenters. The molecule has 2 aromatic rings. The van der Waals surface area contributed by atoms with Crippen molar-refractivity contribution in [2.24, 2.45) is 0 Å². The maximum Gasteiger partial charge on any atom is 0.233 e. The number of hydrogen-bond donors (Lipinski definition) is 0. The quantitative estimate of drug-likeness (QED) is 0.746. The molecule has 1 aliphatic heterocycles. The van der Waals surface area contributed by atoms with Crippen molar-refractivity contribution in [3.8, 4) is 0 Å². The van der Waals surface area contributed by atoms with E-state index in [9.17, 15) is 9.18 Å². The van der Waals surface area contributed by atoms with Crippen LogP contribution in [0.4, 0.5) is 4.39 Å². The highest BCUT2D eigenvalue weighted by Crippen LogP contribution is 2.22. The third-order valence-corrected chi connectivity index (χ3v) is 5.03. The number of rotatable bonds is 6. The van der Waals surface area contributed by atoms with Crippen LogP contribution in [0.25, 0.3) is 0 Å². The van der Waals surface area contributed by atoms with Gasteiger partial charge in [0, 0.05) is 24.2 Å². The van der Waals surface area contributed by atoms with Crippen molar-refractivity contribution >= 4 is 17.7 Å². The summed E-state index contributed by atoms with van der Waals surface area (Å²) >= 11 is 1.42. The van der Waals surface area contributed by atoms with Gasteiger partial charge in [-0.2, -0.15) is 0 Å². The van der Waals surface area contributed by atoms with Crippen molar-refractivity contribution in [1.82, 2.24) is 4.90 Å². The molecule has 6 heteroatoms. The summed E-state index contributed by atoms with van der Waals surface area (Å²) in [7, 11) is 0. The third kappa shape index (κ3) is 4.61. The van der Waals surface area contributed by atoms with Crippen LogP contribution in [0.1, 0.15) is 18.6 Å². The normalized spacial score (nSPS) is 15.4. The Labute approximate surface area is 145 Å². The molecule has 24 heavy (non-hydrogen) atoms. The molecule has 1 amide bonds. The Morgan fingerprint density at radius 1 is 1.21 bits per heavy atom. The Balaban J connectivity index is 1.64. The number of carbonyl (C=O) groups is 1. The summed E-state index contributed by atoms with van der Waals surface area (Å²) in [5.41, 5.74) is 0. The van der Waals surface area contributed by atoms with E-state index in [0.29, 0.717) is 25.5 Å². The Hall–Kier alpha value is -1.79. The molecule has 1 aromatic heterocycles.